The van der Waals surface area contributed by atoms with Crippen LogP contribution in [0, 0.1) is 18.8 Å². The number of fused-ring (bicyclic) bond motifs is 15. The van der Waals surface area contributed by atoms with Crippen molar-refractivity contribution in [2.24, 2.45) is 0 Å². The van der Waals surface area contributed by atoms with Crippen LogP contribution in [0.25, 0.3) is 50.1 Å². The molecule has 0 aromatic heterocycles. The summed E-state index contributed by atoms with van der Waals surface area (Å²) in [7, 11) is 0. The zero-order valence-electron chi connectivity index (χ0n) is 37.0. The monoisotopic (exact) mass is 817 g/mol. The highest BCUT2D eigenvalue weighted by molar-refractivity contribution is 6.00. The highest BCUT2D eigenvalue weighted by atomic mass is 15.1. The Kier molecular flexibility index (Phi) is 7.59. The van der Waals surface area contributed by atoms with E-state index < -0.39 is 5.41 Å². The van der Waals surface area contributed by atoms with Gasteiger partial charge < -0.3 is 4.90 Å². The van der Waals surface area contributed by atoms with Gasteiger partial charge in [-0.05, 0) is 156 Å². The molecule has 1 nitrogen and oxygen atoms in total. The number of nitrogens with zero attached hydrogens (tertiary/aromatic N) is 1. The average Bonchev–Trinajstić information content (AvgIpc) is 3.84. The van der Waals surface area contributed by atoms with Crippen molar-refractivity contribution in [2.75, 3.05) is 4.90 Å². The number of allylic oxidation sites excluding steroid dienone is 4. The molecule has 13 rings (SSSR count). The summed E-state index contributed by atoms with van der Waals surface area (Å²) in [6.07, 6.45) is 5.03. The van der Waals surface area contributed by atoms with Gasteiger partial charge in [0, 0.05) is 34.3 Å². The van der Waals surface area contributed by atoms with Gasteiger partial charge in [-0.1, -0.05) is 179 Å². The van der Waals surface area contributed by atoms with Crippen LogP contribution in [-0.4, -0.2) is 0 Å². The largest absolute Gasteiger partial charge is 0.310 e. The molecule has 0 saturated heterocycles. The van der Waals surface area contributed by atoms with E-state index in [4.69, 9.17) is 0 Å². The Balaban J connectivity index is 0.998. The van der Waals surface area contributed by atoms with Crippen molar-refractivity contribution in [3.05, 3.63) is 238 Å². The number of anilines is 3. The van der Waals surface area contributed by atoms with E-state index in [1.54, 1.807) is 0 Å². The van der Waals surface area contributed by atoms with Gasteiger partial charge in [0.2, 0.25) is 0 Å². The van der Waals surface area contributed by atoms with Crippen molar-refractivity contribution in [3.8, 4) is 56.3 Å². The van der Waals surface area contributed by atoms with Crippen molar-refractivity contribution in [2.45, 2.75) is 57.3 Å². The van der Waals surface area contributed by atoms with Gasteiger partial charge in [-0.25, -0.2) is 0 Å². The van der Waals surface area contributed by atoms with Crippen LogP contribution in [0.2, 0.25) is 0 Å². The van der Waals surface area contributed by atoms with Gasteiger partial charge in [-0.3, -0.25) is 0 Å². The Morgan fingerprint density at radius 1 is 0.438 bits per heavy atom. The lowest BCUT2D eigenvalue weighted by Crippen LogP contribution is -2.28. The standard InChI is InChI=1S/C63H47N/c1-39-26-33-51-47-16-7-6-8-24-55(47)63(59(51)36-39)56-25-14-11-19-48(56)52-21-15-20-44(60(52)63)40-27-29-41(30-28-40)64(42-31-34-49-45-17-9-12-22-53(45)61(2,3)57(49)37-42)43-32-35-50-46-18-10-13-23-54(46)62(4,5)58(50)38-43/h7,9-23,25-38H,24H2,1-5H3. The van der Waals surface area contributed by atoms with Gasteiger partial charge in [0.05, 0.1) is 5.41 Å². The lowest BCUT2D eigenvalue weighted by atomic mass is 9.67. The van der Waals surface area contributed by atoms with Crippen LogP contribution in [0.4, 0.5) is 17.1 Å². The molecule has 0 heterocycles. The quantitative estimate of drug-likeness (QED) is 0.160. The molecule has 8 aromatic rings. The lowest BCUT2D eigenvalue weighted by Gasteiger charge is -2.34. The number of rotatable bonds is 4. The Bertz CT molecular complexity index is 3380. The molecule has 64 heavy (non-hydrogen) atoms. The van der Waals surface area contributed by atoms with Crippen molar-refractivity contribution in [1.29, 1.82) is 0 Å². The van der Waals surface area contributed by atoms with Crippen molar-refractivity contribution < 1.29 is 0 Å². The van der Waals surface area contributed by atoms with E-state index in [1.807, 2.05) is 6.08 Å². The Morgan fingerprint density at radius 2 is 0.953 bits per heavy atom. The third kappa shape index (κ3) is 4.81. The first kappa shape index (κ1) is 37.2. The molecule has 0 radical (unpaired) electrons. The second-order valence-electron chi connectivity index (χ2n) is 19.5. The van der Waals surface area contributed by atoms with Crippen molar-refractivity contribution in [1.82, 2.24) is 0 Å². The fourth-order valence-electron chi connectivity index (χ4n) is 12.6. The third-order valence-electron chi connectivity index (χ3n) is 15.5. The number of benzene rings is 8. The average molecular weight is 818 g/mol. The maximum atomic E-state index is 3.54. The molecule has 1 atom stereocenters. The smallest absolute Gasteiger partial charge is 0.0703 e. The molecule has 1 spiro atoms. The highest BCUT2D eigenvalue weighted by Gasteiger charge is 2.53. The zero-order chi connectivity index (χ0) is 43.1. The maximum absolute atomic E-state index is 3.54. The van der Waals surface area contributed by atoms with E-state index in [-0.39, 0.29) is 10.8 Å². The summed E-state index contributed by atoms with van der Waals surface area (Å²) < 4.78 is 0. The third-order valence-corrected chi connectivity index (χ3v) is 15.5. The van der Waals surface area contributed by atoms with Crippen LogP contribution in [0.5, 0.6) is 0 Å². The first-order chi connectivity index (χ1) is 31.2. The summed E-state index contributed by atoms with van der Waals surface area (Å²) in [5, 5.41) is 0. The van der Waals surface area contributed by atoms with Crippen LogP contribution >= 0.6 is 0 Å². The molecular weight excluding hydrogens is 771 g/mol. The predicted octanol–water partition coefficient (Wildman–Crippen LogP) is 15.8. The zero-order valence-corrected chi connectivity index (χ0v) is 37.0. The number of hydrogen-bond donors (Lipinski definition) is 0. The van der Waals surface area contributed by atoms with Crippen LogP contribution in [-0.2, 0) is 16.2 Å². The topological polar surface area (TPSA) is 3.24 Å². The predicted molar refractivity (Wildman–Crippen MR) is 267 cm³/mol. The van der Waals surface area contributed by atoms with Crippen LogP contribution in [0.3, 0.4) is 0 Å². The van der Waals surface area contributed by atoms with Gasteiger partial charge in [-0.2, -0.15) is 0 Å². The second kappa shape index (κ2) is 13.1. The molecule has 5 aliphatic carbocycles. The first-order valence-corrected chi connectivity index (χ1v) is 22.8. The minimum Gasteiger partial charge on any atom is -0.310 e. The summed E-state index contributed by atoms with van der Waals surface area (Å²) in [5.41, 5.74) is 28.1. The summed E-state index contributed by atoms with van der Waals surface area (Å²) in [6, 6.07) is 64.7. The molecular formula is C63H47N. The molecule has 0 N–H and O–H groups in total. The minimum absolute atomic E-state index is 0.119. The minimum atomic E-state index is -0.448. The molecule has 0 fully saturated rings. The molecule has 304 valence electrons. The number of hydrogen-bond acceptors (Lipinski definition) is 1. The van der Waals surface area contributed by atoms with Crippen molar-refractivity contribution >= 4 is 22.6 Å². The van der Waals surface area contributed by atoms with Gasteiger partial charge >= 0.3 is 0 Å². The molecule has 0 bridgehead atoms. The van der Waals surface area contributed by atoms with Crippen LogP contribution in [0.15, 0.2) is 188 Å². The Hall–Kier alpha value is -7.40. The van der Waals surface area contributed by atoms with E-state index in [0.29, 0.717) is 0 Å². The fraction of sp³-hybridized carbons (Fsp3) is 0.143. The lowest BCUT2D eigenvalue weighted by molar-refractivity contribution is 0.660. The Morgan fingerprint density at radius 3 is 1.59 bits per heavy atom. The summed E-state index contributed by atoms with van der Waals surface area (Å²) >= 11 is 0. The first-order valence-electron chi connectivity index (χ1n) is 22.8. The van der Waals surface area contributed by atoms with Crippen molar-refractivity contribution in [3.63, 3.8) is 0 Å². The molecule has 0 saturated carbocycles. The van der Waals surface area contributed by atoms with E-state index in [1.165, 1.54) is 106 Å². The van der Waals surface area contributed by atoms with E-state index in [2.05, 4.69) is 227 Å². The van der Waals surface area contributed by atoms with Gasteiger partial charge in [-0.15, -0.1) is 0 Å². The molecule has 0 amide bonds. The summed E-state index contributed by atoms with van der Waals surface area (Å²) in [6.45, 7) is 11.7. The van der Waals surface area contributed by atoms with Gasteiger partial charge in [0.15, 0.2) is 0 Å². The molecule has 1 heteroatoms. The summed E-state index contributed by atoms with van der Waals surface area (Å²) in [4.78, 5) is 2.48. The Labute approximate surface area is 377 Å². The van der Waals surface area contributed by atoms with Crippen LogP contribution < -0.4 is 4.90 Å². The molecule has 5 aliphatic rings. The van der Waals surface area contributed by atoms with Gasteiger partial charge in [0.25, 0.3) is 0 Å². The molecule has 8 aromatic carbocycles. The fourth-order valence-corrected chi connectivity index (χ4v) is 12.6. The number of aryl methyl sites for hydroxylation is 1. The maximum Gasteiger partial charge on any atom is 0.0703 e. The molecule has 0 aliphatic heterocycles. The highest BCUT2D eigenvalue weighted by Crippen LogP contribution is 2.65. The normalized spacial score (nSPS) is 17.9. The second-order valence-corrected chi connectivity index (χ2v) is 19.5. The van der Waals surface area contributed by atoms with Gasteiger partial charge in [0.1, 0.15) is 0 Å². The van der Waals surface area contributed by atoms with Crippen LogP contribution in [0.1, 0.15) is 84.2 Å². The van der Waals surface area contributed by atoms with E-state index in [9.17, 15) is 0 Å². The van der Waals surface area contributed by atoms with E-state index in [0.717, 1.165) is 23.5 Å². The SMILES string of the molecule is Cc1ccc2c(c1)C1(C3=C2C=CC#CC3)c2ccccc2-c2cccc(-c3ccc(N(c4ccc5c(c4)C(C)(C)c4ccccc4-5)c4ccc5c(c4)C(C)(C)c4ccccc4-5)cc3)c21. The summed E-state index contributed by atoms with van der Waals surface area (Å²) in [5.74, 6) is 6.87. The molecule has 1 unspecified atom stereocenters. The van der Waals surface area contributed by atoms with E-state index >= 15 is 0 Å².